The van der Waals surface area contributed by atoms with E-state index in [0.29, 0.717) is 24.8 Å². The highest BCUT2D eigenvalue weighted by atomic mass is 16.3. The van der Waals surface area contributed by atoms with Crippen LogP contribution in [0.2, 0.25) is 0 Å². The van der Waals surface area contributed by atoms with Gasteiger partial charge in [0, 0.05) is 0 Å². The van der Waals surface area contributed by atoms with Gasteiger partial charge in [-0.2, -0.15) is 0 Å². The third kappa shape index (κ3) is 2.94. The molecule has 1 amide bonds. The van der Waals surface area contributed by atoms with Crippen LogP contribution >= 0.6 is 0 Å². The van der Waals surface area contributed by atoms with Gasteiger partial charge in [0.05, 0.1) is 30.9 Å². The van der Waals surface area contributed by atoms with Crippen molar-refractivity contribution in [1.82, 2.24) is 25.2 Å². The number of carbonyl (C=O) groups is 1. The normalized spacial score (nSPS) is 22.1. The van der Waals surface area contributed by atoms with E-state index in [-0.39, 0.29) is 5.91 Å². The molecule has 7 nitrogen and oxygen atoms in total. The van der Waals surface area contributed by atoms with Crippen molar-refractivity contribution in [2.75, 3.05) is 26.2 Å². The average molecular weight is 293 g/mol. The molecule has 0 aliphatic carbocycles. The lowest BCUT2D eigenvalue weighted by atomic mass is 9.89. The molecule has 2 N–H and O–H groups in total. The van der Waals surface area contributed by atoms with Gasteiger partial charge in [0.25, 0.3) is 5.91 Å². The van der Waals surface area contributed by atoms with Gasteiger partial charge in [0.15, 0.2) is 5.69 Å². The maximum Gasteiger partial charge on any atom is 0.276 e. The van der Waals surface area contributed by atoms with E-state index < -0.39 is 5.60 Å². The molecule has 21 heavy (non-hydrogen) atoms. The lowest BCUT2D eigenvalue weighted by molar-refractivity contribution is -0.0861. The number of aromatic nitrogens is 3. The Morgan fingerprint density at radius 3 is 2.86 bits per heavy atom. The zero-order valence-electron chi connectivity index (χ0n) is 12.5. The van der Waals surface area contributed by atoms with E-state index in [2.05, 4.69) is 15.6 Å². The predicted molar refractivity (Wildman–Crippen MR) is 76.9 cm³/mol. The molecule has 0 spiro atoms. The molecule has 1 aromatic heterocycles. The van der Waals surface area contributed by atoms with Crippen molar-refractivity contribution in [3.8, 4) is 0 Å². The summed E-state index contributed by atoms with van der Waals surface area (Å²) in [5.74, 6) is -0.129. The SMILES string of the molecule is CCCC1(O)CN(C(=O)c2cn(C3CCNCC3)nn2)C1. The van der Waals surface area contributed by atoms with Crippen molar-refractivity contribution >= 4 is 5.91 Å². The second kappa shape index (κ2) is 5.73. The molecule has 0 bridgehead atoms. The second-order valence-electron chi connectivity index (χ2n) is 6.20. The van der Waals surface area contributed by atoms with E-state index in [9.17, 15) is 9.90 Å². The highest BCUT2D eigenvalue weighted by Crippen LogP contribution is 2.27. The van der Waals surface area contributed by atoms with E-state index in [1.807, 2.05) is 11.6 Å². The van der Waals surface area contributed by atoms with Crippen molar-refractivity contribution in [2.24, 2.45) is 0 Å². The Morgan fingerprint density at radius 1 is 1.48 bits per heavy atom. The minimum absolute atomic E-state index is 0.129. The maximum atomic E-state index is 12.3. The molecule has 0 unspecified atom stereocenters. The van der Waals surface area contributed by atoms with Gasteiger partial charge in [0.2, 0.25) is 0 Å². The van der Waals surface area contributed by atoms with Crippen LogP contribution in [-0.2, 0) is 0 Å². The lowest BCUT2D eigenvalue weighted by Gasteiger charge is -2.46. The van der Waals surface area contributed by atoms with Crippen molar-refractivity contribution in [3.05, 3.63) is 11.9 Å². The summed E-state index contributed by atoms with van der Waals surface area (Å²) in [7, 11) is 0. The number of piperidine rings is 1. The number of rotatable bonds is 4. The number of hydrogen-bond acceptors (Lipinski definition) is 5. The summed E-state index contributed by atoms with van der Waals surface area (Å²) in [6, 6.07) is 0.328. The fraction of sp³-hybridized carbons (Fsp3) is 0.786. The monoisotopic (exact) mass is 293 g/mol. The predicted octanol–water partition coefficient (Wildman–Crippen LogP) is 0.190. The number of aliphatic hydroxyl groups is 1. The Kier molecular flexibility index (Phi) is 3.95. The van der Waals surface area contributed by atoms with Gasteiger partial charge in [-0.3, -0.25) is 4.79 Å². The summed E-state index contributed by atoms with van der Waals surface area (Å²) in [6.45, 7) is 4.79. The van der Waals surface area contributed by atoms with Crippen LogP contribution in [0.15, 0.2) is 6.20 Å². The Hall–Kier alpha value is -1.47. The zero-order chi connectivity index (χ0) is 14.9. The van der Waals surface area contributed by atoms with E-state index in [1.165, 1.54) is 0 Å². The third-order valence-electron chi connectivity index (χ3n) is 4.39. The molecule has 2 fully saturated rings. The lowest BCUT2D eigenvalue weighted by Crippen LogP contribution is -2.63. The maximum absolute atomic E-state index is 12.3. The van der Waals surface area contributed by atoms with E-state index in [1.54, 1.807) is 11.1 Å². The summed E-state index contributed by atoms with van der Waals surface area (Å²) in [6.07, 6.45) is 5.42. The topological polar surface area (TPSA) is 83.3 Å². The van der Waals surface area contributed by atoms with Crippen molar-refractivity contribution < 1.29 is 9.90 Å². The second-order valence-corrected chi connectivity index (χ2v) is 6.20. The van der Waals surface area contributed by atoms with Crippen LogP contribution < -0.4 is 5.32 Å². The summed E-state index contributed by atoms with van der Waals surface area (Å²) < 4.78 is 1.81. The summed E-state index contributed by atoms with van der Waals surface area (Å²) in [5, 5.41) is 21.6. The fourth-order valence-corrected chi connectivity index (χ4v) is 3.22. The zero-order valence-corrected chi connectivity index (χ0v) is 12.5. The average Bonchev–Trinajstić information content (AvgIpc) is 2.95. The first kappa shape index (κ1) is 14.5. The van der Waals surface area contributed by atoms with Gasteiger partial charge < -0.3 is 15.3 Å². The molecule has 0 radical (unpaired) electrons. The highest BCUT2D eigenvalue weighted by molar-refractivity contribution is 5.92. The van der Waals surface area contributed by atoms with E-state index in [4.69, 9.17) is 0 Å². The molecule has 1 aromatic rings. The Balaban J connectivity index is 1.60. The minimum atomic E-state index is -0.699. The molecule has 2 aliphatic rings. The molecular weight excluding hydrogens is 270 g/mol. The van der Waals surface area contributed by atoms with Crippen molar-refractivity contribution in [3.63, 3.8) is 0 Å². The number of amides is 1. The Morgan fingerprint density at radius 2 is 2.19 bits per heavy atom. The highest BCUT2D eigenvalue weighted by Gasteiger charge is 2.43. The molecular formula is C14H23N5O2. The van der Waals surface area contributed by atoms with Gasteiger partial charge in [-0.1, -0.05) is 18.6 Å². The summed E-state index contributed by atoms with van der Waals surface area (Å²) in [5.41, 5.74) is -0.317. The molecule has 0 aromatic carbocycles. The molecule has 3 heterocycles. The first-order chi connectivity index (χ1) is 10.1. The minimum Gasteiger partial charge on any atom is -0.386 e. The Labute approximate surface area is 124 Å². The fourth-order valence-electron chi connectivity index (χ4n) is 3.22. The van der Waals surface area contributed by atoms with E-state index in [0.717, 1.165) is 38.8 Å². The van der Waals surface area contributed by atoms with Gasteiger partial charge >= 0.3 is 0 Å². The van der Waals surface area contributed by atoms with Gasteiger partial charge in [-0.05, 0) is 32.4 Å². The molecule has 2 aliphatic heterocycles. The largest absolute Gasteiger partial charge is 0.386 e. The van der Waals surface area contributed by atoms with Crippen LogP contribution in [0.3, 0.4) is 0 Å². The Bertz CT molecular complexity index is 503. The van der Waals surface area contributed by atoms with Gasteiger partial charge in [0.1, 0.15) is 0 Å². The number of nitrogens with zero attached hydrogens (tertiary/aromatic N) is 4. The number of nitrogens with one attached hydrogen (secondary N) is 1. The van der Waals surface area contributed by atoms with Crippen molar-refractivity contribution in [2.45, 2.75) is 44.2 Å². The smallest absolute Gasteiger partial charge is 0.276 e. The number of hydrogen-bond donors (Lipinski definition) is 2. The van der Waals surface area contributed by atoms with Crippen LogP contribution in [0.1, 0.15) is 49.1 Å². The number of β-amino-alcohol motifs (C(OH)–C–C–N with tert-alkyl or cyclic N) is 1. The standard InChI is InChI=1S/C14H23N5O2/c1-2-5-14(21)9-18(10-14)13(20)12-8-19(17-16-12)11-3-6-15-7-4-11/h8,11,15,21H,2-7,9-10H2,1H3. The number of carbonyl (C=O) groups excluding carboxylic acids is 1. The van der Waals surface area contributed by atoms with Crippen LogP contribution in [0.5, 0.6) is 0 Å². The molecule has 2 saturated heterocycles. The summed E-state index contributed by atoms with van der Waals surface area (Å²) in [4.78, 5) is 13.9. The molecule has 116 valence electrons. The van der Waals surface area contributed by atoms with Crippen LogP contribution in [0, 0.1) is 0 Å². The number of likely N-dealkylation sites (tertiary alicyclic amines) is 1. The van der Waals surface area contributed by atoms with E-state index >= 15 is 0 Å². The quantitative estimate of drug-likeness (QED) is 0.828. The van der Waals surface area contributed by atoms with Crippen LogP contribution in [0.4, 0.5) is 0 Å². The summed E-state index contributed by atoms with van der Waals surface area (Å²) >= 11 is 0. The van der Waals surface area contributed by atoms with Crippen molar-refractivity contribution in [1.29, 1.82) is 0 Å². The molecule has 3 rings (SSSR count). The van der Waals surface area contributed by atoms with Gasteiger partial charge in [-0.25, -0.2) is 4.68 Å². The molecule has 0 saturated carbocycles. The van der Waals surface area contributed by atoms with Crippen LogP contribution in [0.25, 0.3) is 0 Å². The third-order valence-corrected chi connectivity index (χ3v) is 4.39. The van der Waals surface area contributed by atoms with Gasteiger partial charge in [-0.15, -0.1) is 5.10 Å². The molecule has 7 heteroatoms. The first-order valence-electron chi connectivity index (χ1n) is 7.75. The molecule has 0 atom stereocenters. The first-order valence-corrected chi connectivity index (χ1v) is 7.75. The van der Waals surface area contributed by atoms with Crippen LogP contribution in [-0.4, -0.2) is 62.7 Å².